The molecule has 0 heterocycles. The maximum atomic E-state index is 2.54. The molecule has 131 heavy (non-hydrogen) atoms. The van der Waals surface area contributed by atoms with Crippen LogP contribution in [-0.4, -0.2) is 58.9 Å². The number of nitrogens with zero attached hydrogens (tertiary/aromatic N) is 4. The van der Waals surface area contributed by atoms with Gasteiger partial charge in [0, 0.05) is 93.9 Å². The summed E-state index contributed by atoms with van der Waals surface area (Å²) in [4.78, 5) is 10.0. The Kier molecular flexibility index (Phi) is 34.6. The minimum absolute atomic E-state index is 0.429. The van der Waals surface area contributed by atoms with Gasteiger partial charge in [-0.3, -0.25) is 0 Å². The fourth-order valence-electron chi connectivity index (χ4n) is 17.7. The molecule has 2 unspecified atom stereocenters. The molecule has 0 aliphatic heterocycles. The van der Waals surface area contributed by atoms with E-state index in [2.05, 4.69) is 531 Å². The zero-order valence-corrected chi connectivity index (χ0v) is 76.3. The predicted octanol–water partition coefficient (Wildman–Crippen LogP) is 30.9. The fraction of sp³-hybridized carbons (Fsp3) is 0.165. The van der Waals surface area contributed by atoms with Crippen LogP contribution >= 0.6 is 0 Å². The lowest BCUT2D eigenvalue weighted by Crippen LogP contribution is -2.27. The first-order chi connectivity index (χ1) is 64.8. The van der Waals surface area contributed by atoms with Crippen LogP contribution in [0.4, 0.5) is 0 Å². The molecule has 0 bridgehead atoms. The lowest BCUT2D eigenvalue weighted by molar-refractivity contribution is 0.338. The Morgan fingerprint density at radius 1 is 0.244 bits per heavy atom. The highest BCUT2D eigenvalue weighted by Gasteiger charge is 2.20. The summed E-state index contributed by atoms with van der Waals surface area (Å²) >= 11 is 0. The van der Waals surface area contributed by atoms with Crippen molar-refractivity contribution in [2.24, 2.45) is 0 Å². The highest BCUT2D eigenvalue weighted by molar-refractivity contribution is 5.85. The van der Waals surface area contributed by atoms with Gasteiger partial charge in [0.15, 0.2) is 0 Å². The molecule has 1 aliphatic rings. The minimum atomic E-state index is 0.429. The first kappa shape index (κ1) is 91.2. The monoisotopic (exact) mass is 1700 g/mol. The van der Waals surface area contributed by atoms with Gasteiger partial charge >= 0.3 is 0 Å². The highest BCUT2D eigenvalue weighted by atomic mass is 15.1. The number of fused-ring (bicyclic) bond motifs is 3. The lowest BCUT2D eigenvalue weighted by atomic mass is 9.88. The molecule has 0 N–H and O–H groups in total. The van der Waals surface area contributed by atoms with Crippen LogP contribution in [-0.2, 0) is 45.2 Å². The van der Waals surface area contributed by atoms with Gasteiger partial charge < -0.3 is 19.6 Å². The molecule has 17 aromatic carbocycles. The minimum Gasteiger partial charge on any atom is -0.377 e. The van der Waals surface area contributed by atoms with E-state index in [1.165, 1.54) is 152 Å². The second-order valence-electron chi connectivity index (χ2n) is 34.6. The van der Waals surface area contributed by atoms with Gasteiger partial charge in [-0.1, -0.05) is 475 Å². The summed E-state index contributed by atoms with van der Waals surface area (Å²) < 4.78 is 0. The second kappa shape index (κ2) is 49.7. The summed E-state index contributed by atoms with van der Waals surface area (Å²) in [6.45, 7) is 12.4. The van der Waals surface area contributed by atoms with Crippen molar-refractivity contribution in [3.63, 3.8) is 0 Å². The Labute approximate surface area is 780 Å². The van der Waals surface area contributed by atoms with Crippen molar-refractivity contribution in [1.82, 2.24) is 19.6 Å². The van der Waals surface area contributed by atoms with Gasteiger partial charge in [-0.05, 0) is 198 Å². The maximum absolute atomic E-state index is 2.54. The Bertz CT molecular complexity index is 5970. The largest absolute Gasteiger partial charge is 0.377 e. The Hall–Kier alpha value is -14.6. The van der Waals surface area contributed by atoms with Gasteiger partial charge in [0.05, 0.1) is 0 Å². The van der Waals surface area contributed by atoms with Crippen molar-refractivity contribution >= 4 is 43.8 Å². The quantitative estimate of drug-likeness (QED) is 0.0398. The number of benzene rings is 17. The van der Waals surface area contributed by atoms with Crippen LogP contribution in [0.2, 0.25) is 0 Å². The summed E-state index contributed by atoms with van der Waals surface area (Å²) in [6, 6.07) is 169. The smallest absolute Gasteiger partial charge is 0.0428 e. The summed E-state index contributed by atoms with van der Waals surface area (Å²) in [6.07, 6.45) is 19.9. The third-order valence-corrected chi connectivity index (χ3v) is 24.8. The van der Waals surface area contributed by atoms with E-state index in [9.17, 15) is 0 Å². The first-order valence-electron chi connectivity index (χ1n) is 47.2. The summed E-state index contributed by atoms with van der Waals surface area (Å²) in [5.74, 6) is 0.858. The molecule has 0 aromatic heterocycles. The van der Waals surface area contributed by atoms with Crippen molar-refractivity contribution in [2.45, 2.75) is 96.6 Å². The van der Waals surface area contributed by atoms with Crippen molar-refractivity contribution < 1.29 is 0 Å². The Balaban J connectivity index is 0.000000134. The fourth-order valence-corrected chi connectivity index (χ4v) is 17.7. The Morgan fingerprint density at radius 2 is 0.534 bits per heavy atom. The van der Waals surface area contributed by atoms with Crippen molar-refractivity contribution in [3.05, 3.63) is 587 Å². The molecule has 0 amide bonds. The molecule has 17 aromatic rings. The number of hydrogen-bond donors (Lipinski definition) is 0. The van der Waals surface area contributed by atoms with E-state index in [1.54, 1.807) is 0 Å². The number of hydrogen-bond acceptors (Lipinski definition) is 4. The highest BCUT2D eigenvalue weighted by Crippen LogP contribution is 2.34. The summed E-state index contributed by atoms with van der Waals surface area (Å²) in [5.41, 5.74) is 26.7. The molecule has 652 valence electrons. The summed E-state index contributed by atoms with van der Waals surface area (Å²) in [5, 5.41) is 5.11. The maximum Gasteiger partial charge on any atom is 0.0428 e. The standard InChI is InChI=1S/C36H29N.2C32H33N.C27H29N/c1-3-13-32(14-4-1)36(33-15-5-2-6-16-33)27-37(25-28-19-21-30-11-7-9-17-34(30)23-28)26-29-20-22-31-12-8-10-18-35(31)24-29;1-26(28-15-7-3-8-16-28)23-33(24-27(2)29-17-9-4-10-18-29)25-32(30-19-11-5-12-20-30)31-21-13-6-14-22-31;1-5-15-28(16-6-1)19-13-25-33(26-14-20-29-17-7-2-8-18-29)27-32(30-21-9-3-10-22-30)31-23-11-4-12-24-31;1-3-10-23(11-4-1)18-20-28(21-19-24-12-5-2-6-13-24)22-26-16-9-15-25-14-7-8-17-27(25)26/h1-24,27H,25-26H2;3-22,25-27H,23-24H2,1-2H3;1-12,15-18,21-24,27H,13-14,19-20,25-26H2;1-8,10-14,17,22H,9,15-16,18-21H2/b;;;26-22+. The molecule has 0 radical (unpaired) electrons. The van der Waals surface area contributed by atoms with E-state index in [0.29, 0.717) is 11.8 Å². The number of rotatable bonds is 34. The van der Waals surface area contributed by atoms with Crippen molar-refractivity contribution in [2.75, 3.05) is 39.3 Å². The average Bonchev–Trinajstić information content (AvgIpc) is 0.784. The average molecular weight is 1710 g/mol. The third-order valence-electron chi connectivity index (χ3n) is 24.8. The summed E-state index contributed by atoms with van der Waals surface area (Å²) in [7, 11) is 0. The van der Waals surface area contributed by atoms with Gasteiger partial charge in [-0.25, -0.2) is 0 Å². The van der Waals surface area contributed by atoms with Gasteiger partial charge in [-0.2, -0.15) is 0 Å². The van der Waals surface area contributed by atoms with Crippen LogP contribution in [0.3, 0.4) is 0 Å². The predicted molar refractivity (Wildman–Crippen MR) is 559 cm³/mol. The molecule has 1 aliphatic carbocycles. The van der Waals surface area contributed by atoms with Crippen LogP contribution in [0, 0.1) is 0 Å². The van der Waals surface area contributed by atoms with Crippen LogP contribution in [0.15, 0.2) is 498 Å². The topological polar surface area (TPSA) is 13.0 Å². The van der Waals surface area contributed by atoms with Crippen LogP contribution in [0.25, 0.3) is 43.8 Å². The van der Waals surface area contributed by atoms with E-state index in [1.807, 2.05) is 0 Å². The van der Waals surface area contributed by atoms with E-state index in [-0.39, 0.29) is 0 Å². The normalized spacial score (nSPS) is 12.0. The van der Waals surface area contributed by atoms with E-state index >= 15 is 0 Å². The zero-order valence-electron chi connectivity index (χ0n) is 76.3. The first-order valence-corrected chi connectivity index (χ1v) is 47.2. The van der Waals surface area contributed by atoms with E-state index in [0.717, 1.165) is 90.9 Å². The molecule has 4 nitrogen and oxygen atoms in total. The second-order valence-corrected chi connectivity index (χ2v) is 34.6. The van der Waals surface area contributed by atoms with E-state index in [4.69, 9.17) is 0 Å². The van der Waals surface area contributed by atoms with Gasteiger partial charge in [0.1, 0.15) is 0 Å². The third kappa shape index (κ3) is 28.5. The van der Waals surface area contributed by atoms with E-state index < -0.39 is 0 Å². The molecular weight excluding hydrogens is 1580 g/mol. The molecule has 4 heteroatoms. The lowest BCUT2D eigenvalue weighted by Gasteiger charge is -2.29. The van der Waals surface area contributed by atoms with Crippen molar-refractivity contribution in [1.29, 1.82) is 0 Å². The van der Waals surface area contributed by atoms with Gasteiger partial charge in [0.25, 0.3) is 0 Å². The Morgan fingerprint density at radius 3 is 0.893 bits per heavy atom. The van der Waals surface area contributed by atoms with Crippen LogP contribution in [0.1, 0.15) is 140 Å². The molecule has 18 rings (SSSR count). The zero-order chi connectivity index (χ0) is 89.3. The van der Waals surface area contributed by atoms with Gasteiger partial charge in [-0.15, -0.1) is 0 Å². The molecule has 0 spiro atoms. The van der Waals surface area contributed by atoms with Crippen LogP contribution in [0.5, 0.6) is 0 Å². The molecule has 0 saturated heterocycles. The van der Waals surface area contributed by atoms with Gasteiger partial charge in [0.2, 0.25) is 0 Å². The molecule has 0 fully saturated rings. The molecule has 2 atom stereocenters. The molecular formula is C127H124N4. The van der Waals surface area contributed by atoms with Crippen molar-refractivity contribution in [3.8, 4) is 0 Å². The molecule has 0 saturated carbocycles. The number of allylic oxidation sites excluding steroid dienone is 1. The van der Waals surface area contributed by atoms with Crippen LogP contribution < -0.4 is 0 Å². The number of aryl methyl sites for hydroxylation is 3. The SMILES string of the molecule is C(=C(c1ccccc1)c1ccccc1)N(CCCc1ccccc1)CCCc1ccccc1.C(=C(c1ccccc1)c1ccccc1)N(Cc1ccc2ccccc2c1)Cc1ccc2ccccc2c1.C(=C1/CCCc2ccccc21)/N(CCc1ccccc1)CCc1ccccc1.CC(CN(C=C(c1ccccc1)c1ccccc1)CC(C)c1ccccc1)c1ccccc1.